The third-order valence-corrected chi connectivity index (χ3v) is 4.17. The lowest BCUT2D eigenvalue weighted by Crippen LogP contribution is -1.91. The molecule has 3 aromatic rings. The number of rotatable bonds is 7. The van der Waals surface area contributed by atoms with Gasteiger partial charge in [-0.2, -0.15) is 0 Å². The Morgan fingerprint density at radius 3 is 2.74 bits per heavy atom. The van der Waals surface area contributed by atoms with E-state index in [1.165, 1.54) is 36.8 Å². The minimum absolute atomic E-state index is 0.918. The molecule has 117 valence electrons. The first kappa shape index (κ1) is 15.5. The average Bonchev–Trinajstić information content (AvgIpc) is 3.10. The Bertz CT molecular complexity index is 728. The Hall–Kier alpha value is -2.35. The molecule has 23 heavy (non-hydrogen) atoms. The zero-order chi connectivity index (χ0) is 15.9. The van der Waals surface area contributed by atoms with Crippen molar-refractivity contribution in [2.24, 2.45) is 0 Å². The monoisotopic (exact) mass is 303 g/mol. The second-order valence-electron chi connectivity index (χ2n) is 5.91. The number of unbranched alkanes of at least 4 members (excludes halogenated alkanes) is 3. The van der Waals surface area contributed by atoms with Crippen LogP contribution >= 0.6 is 0 Å². The van der Waals surface area contributed by atoms with Gasteiger partial charge in [-0.25, -0.2) is 4.98 Å². The van der Waals surface area contributed by atoms with Crippen molar-refractivity contribution in [2.75, 3.05) is 0 Å². The van der Waals surface area contributed by atoms with Crippen LogP contribution in [-0.4, -0.2) is 9.97 Å². The fourth-order valence-electron chi connectivity index (χ4n) is 2.87. The molecule has 0 aliphatic heterocycles. The highest BCUT2D eigenvalue weighted by atomic mass is 14.9. The molecule has 2 aromatic carbocycles. The number of imidazole rings is 1. The van der Waals surface area contributed by atoms with Crippen LogP contribution in [0.1, 0.15) is 38.2 Å². The summed E-state index contributed by atoms with van der Waals surface area (Å²) in [6.45, 7) is 2.25. The number of aromatic amines is 1. The van der Waals surface area contributed by atoms with E-state index in [1.807, 2.05) is 30.5 Å². The summed E-state index contributed by atoms with van der Waals surface area (Å²) in [5, 5.41) is 0. The Balaban J connectivity index is 1.81. The van der Waals surface area contributed by atoms with Crippen molar-refractivity contribution in [1.82, 2.24) is 9.97 Å². The van der Waals surface area contributed by atoms with Gasteiger partial charge in [-0.1, -0.05) is 68.7 Å². The fraction of sp³-hybridized carbons (Fsp3) is 0.286. The van der Waals surface area contributed by atoms with E-state index in [9.17, 15) is 0 Å². The molecule has 2 nitrogen and oxygen atoms in total. The summed E-state index contributed by atoms with van der Waals surface area (Å²) in [6.07, 6.45) is 8.18. The quantitative estimate of drug-likeness (QED) is 0.560. The summed E-state index contributed by atoms with van der Waals surface area (Å²) < 4.78 is 0. The molecule has 0 aliphatic rings. The SMILES string of the molecule is CCCCCCc1cc[c]cc1-c1cnc(-c2ccccc2)[nH]1. The van der Waals surface area contributed by atoms with Crippen LogP contribution < -0.4 is 0 Å². The minimum atomic E-state index is 0.918. The highest BCUT2D eigenvalue weighted by molar-refractivity contribution is 5.67. The van der Waals surface area contributed by atoms with E-state index in [4.69, 9.17) is 0 Å². The van der Waals surface area contributed by atoms with Gasteiger partial charge in [-0.05, 0) is 30.5 Å². The lowest BCUT2D eigenvalue weighted by Gasteiger charge is -2.07. The van der Waals surface area contributed by atoms with Crippen molar-refractivity contribution in [2.45, 2.75) is 39.0 Å². The van der Waals surface area contributed by atoms with Crippen LogP contribution in [0.15, 0.2) is 54.7 Å². The zero-order valence-corrected chi connectivity index (χ0v) is 13.7. The second-order valence-corrected chi connectivity index (χ2v) is 5.91. The largest absolute Gasteiger partial charge is 0.338 e. The van der Waals surface area contributed by atoms with Gasteiger partial charge in [0.15, 0.2) is 0 Å². The fourth-order valence-corrected chi connectivity index (χ4v) is 2.87. The van der Waals surface area contributed by atoms with Gasteiger partial charge in [0.2, 0.25) is 0 Å². The summed E-state index contributed by atoms with van der Waals surface area (Å²) in [5.74, 6) is 0.918. The maximum atomic E-state index is 4.54. The molecule has 0 unspecified atom stereocenters. The van der Waals surface area contributed by atoms with E-state index in [2.05, 4.69) is 47.2 Å². The van der Waals surface area contributed by atoms with Crippen molar-refractivity contribution in [3.63, 3.8) is 0 Å². The predicted octanol–water partition coefficient (Wildman–Crippen LogP) is 5.67. The lowest BCUT2D eigenvalue weighted by atomic mass is 9.99. The second kappa shape index (κ2) is 7.77. The van der Waals surface area contributed by atoms with Crippen molar-refractivity contribution in [3.8, 4) is 22.6 Å². The molecule has 0 saturated carbocycles. The molecule has 1 N–H and O–H groups in total. The number of benzene rings is 2. The Kier molecular flexibility index (Phi) is 5.25. The molecule has 1 aromatic heterocycles. The van der Waals surface area contributed by atoms with Crippen molar-refractivity contribution < 1.29 is 0 Å². The number of H-pyrrole nitrogens is 1. The van der Waals surface area contributed by atoms with Crippen LogP contribution in [0.5, 0.6) is 0 Å². The molecule has 1 radical (unpaired) electrons. The first-order chi connectivity index (χ1) is 11.4. The number of nitrogens with zero attached hydrogens (tertiary/aromatic N) is 1. The van der Waals surface area contributed by atoms with Crippen molar-refractivity contribution in [1.29, 1.82) is 0 Å². The molecule has 1 heterocycles. The van der Waals surface area contributed by atoms with Gasteiger partial charge in [0.25, 0.3) is 0 Å². The molecule has 0 aliphatic carbocycles. The minimum Gasteiger partial charge on any atom is -0.338 e. The summed E-state index contributed by atoms with van der Waals surface area (Å²) in [5.41, 5.74) is 4.79. The molecular weight excluding hydrogens is 280 g/mol. The number of hydrogen-bond donors (Lipinski definition) is 1. The lowest BCUT2D eigenvalue weighted by molar-refractivity contribution is 0.667. The molecule has 0 spiro atoms. The summed E-state index contributed by atoms with van der Waals surface area (Å²) >= 11 is 0. The van der Waals surface area contributed by atoms with E-state index >= 15 is 0 Å². The summed E-state index contributed by atoms with van der Waals surface area (Å²) in [6, 6.07) is 19.7. The van der Waals surface area contributed by atoms with Crippen LogP contribution in [0.25, 0.3) is 22.6 Å². The van der Waals surface area contributed by atoms with E-state index in [1.54, 1.807) is 0 Å². The number of aromatic nitrogens is 2. The summed E-state index contributed by atoms with van der Waals surface area (Å²) in [7, 11) is 0. The highest BCUT2D eigenvalue weighted by Gasteiger charge is 2.09. The van der Waals surface area contributed by atoms with E-state index in [0.29, 0.717) is 0 Å². The molecule has 0 atom stereocenters. The Morgan fingerprint density at radius 2 is 1.91 bits per heavy atom. The van der Waals surface area contributed by atoms with Gasteiger partial charge >= 0.3 is 0 Å². The topological polar surface area (TPSA) is 28.7 Å². The molecule has 3 rings (SSSR count). The first-order valence-corrected chi connectivity index (χ1v) is 8.48. The molecule has 2 heteroatoms. The molecule has 0 saturated heterocycles. The molecule has 0 fully saturated rings. The third-order valence-electron chi connectivity index (χ3n) is 4.17. The average molecular weight is 303 g/mol. The van der Waals surface area contributed by atoms with Gasteiger partial charge in [0.05, 0.1) is 11.9 Å². The van der Waals surface area contributed by atoms with E-state index in [-0.39, 0.29) is 0 Å². The Morgan fingerprint density at radius 1 is 1.04 bits per heavy atom. The number of hydrogen-bond acceptors (Lipinski definition) is 1. The Labute approximate surface area is 138 Å². The van der Waals surface area contributed by atoms with Crippen LogP contribution in [0.3, 0.4) is 0 Å². The predicted molar refractivity (Wildman–Crippen MR) is 96.1 cm³/mol. The van der Waals surface area contributed by atoms with Crippen molar-refractivity contribution in [3.05, 3.63) is 66.4 Å². The number of nitrogens with one attached hydrogen (secondary N) is 1. The highest BCUT2D eigenvalue weighted by Crippen LogP contribution is 2.26. The smallest absolute Gasteiger partial charge is 0.137 e. The first-order valence-electron chi connectivity index (χ1n) is 8.48. The van der Waals surface area contributed by atoms with Crippen LogP contribution in [0, 0.1) is 6.07 Å². The maximum absolute atomic E-state index is 4.54. The number of aryl methyl sites for hydroxylation is 1. The maximum Gasteiger partial charge on any atom is 0.137 e. The molecular formula is C21H23N2. The van der Waals surface area contributed by atoms with E-state index < -0.39 is 0 Å². The van der Waals surface area contributed by atoms with Gasteiger partial charge in [0.1, 0.15) is 5.82 Å². The van der Waals surface area contributed by atoms with Crippen LogP contribution in [0.2, 0.25) is 0 Å². The van der Waals surface area contributed by atoms with Crippen LogP contribution in [-0.2, 0) is 6.42 Å². The summed E-state index contributed by atoms with van der Waals surface area (Å²) in [4.78, 5) is 8.00. The zero-order valence-electron chi connectivity index (χ0n) is 13.7. The normalized spacial score (nSPS) is 10.8. The van der Waals surface area contributed by atoms with Crippen LogP contribution in [0.4, 0.5) is 0 Å². The van der Waals surface area contributed by atoms with Gasteiger partial charge in [-0.15, -0.1) is 0 Å². The third kappa shape index (κ3) is 3.89. The standard InChI is InChI=1S/C21H23N2/c1-2-3-4-6-11-17-12-9-10-15-19(17)20-16-22-21(23-20)18-13-7-5-8-14-18/h5,7-9,12-16H,2-4,6,11H2,1H3,(H,22,23). The van der Waals surface area contributed by atoms with Gasteiger partial charge in [0, 0.05) is 11.1 Å². The van der Waals surface area contributed by atoms with E-state index in [0.717, 1.165) is 23.5 Å². The van der Waals surface area contributed by atoms with Gasteiger partial charge in [-0.3, -0.25) is 0 Å². The molecule has 0 bridgehead atoms. The van der Waals surface area contributed by atoms with Gasteiger partial charge < -0.3 is 4.98 Å². The van der Waals surface area contributed by atoms with Crippen molar-refractivity contribution >= 4 is 0 Å². The molecule has 0 amide bonds.